The molecule has 65 heavy (non-hydrogen) atoms. The van der Waals surface area contributed by atoms with Crippen LogP contribution in [0.5, 0.6) is 11.5 Å². The lowest BCUT2D eigenvalue weighted by molar-refractivity contribution is 0.483. The summed E-state index contributed by atoms with van der Waals surface area (Å²) in [6.45, 7) is 21.3. The molecule has 0 aliphatic carbocycles. The van der Waals surface area contributed by atoms with E-state index in [1.54, 1.807) is 0 Å². The second-order valence-electron chi connectivity index (χ2n) is 20.7. The minimum absolute atomic E-state index is 0.0156. The Kier molecular flexibility index (Phi) is 10.2. The Morgan fingerprint density at radius 1 is 0.446 bits per heavy atom. The fraction of sp³-hybridized carbons (Fsp3) is 0.217. The van der Waals surface area contributed by atoms with Crippen molar-refractivity contribution in [2.24, 2.45) is 0 Å². The summed E-state index contributed by atoms with van der Waals surface area (Å²) >= 11 is 0. The molecule has 0 N–H and O–H groups in total. The second kappa shape index (κ2) is 15.8. The molecule has 9 aromatic rings. The normalized spacial score (nSPS) is 13.2. The van der Waals surface area contributed by atoms with Crippen molar-refractivity contribution in [3.8, 4) is 39.6 Å². The van der Waals surface area contributed by atoms with Gasteiger partial charge in [-0.05, 0) is 116 Å². The summed E-state index contributed by atoms with van der Waals surface area (Å²) in [4.78, 5) is 9.90. The molecule has 0 saturated carbocycles. The summed E-state index contributed by atoms with van der Waals surface area (Å²) in [6, 6.07) is 61.4. The van der Waals surface area contributed by atoms with Gasteiger partial charge in [0.25, 0.3) is 0 Å². The molecule has 0 atom stereocenters. The number of aromatic nitrogens is 2. The molecule has 324 valence electrons. The fourth-order valence-electron chi connectivity index (χ4n) is 9.22. The van der Waals surface area contributed by atoms with Crippen LogP contribution in [-0.4, -0.2) is 16.2 Å². The Bertz CT molecular complexity index is 3180. The Balaban J connectivity index is 1.07. The monoisotopic (exact) mass is 850 g/mol. The van der Waals surface area contributed by atoms with Gasteiger partial charge in [-0.3, -0.25) is 4.57 Å². The van der Waals surface area contributed by atoms with Gasteiger partial charge in [-0.15, -0.1) is 0 Å². The Labute approximate surface area is 384 Å². The SMILES string of the molecule is CC(C)(C)c1cc(N2CN(c3cccc(Oc4ccc5c6cc(-c7ccccc7)ccc6n(-c6cc(C(C)(C)C)ccn6)c5c4)c3)c3cccc(-c4ccccc4)c32)cc(C(C)(C)C)c1. The van der Waals surface area contributed by atoms with Gasteiger partial charge in [0.2, 0.25) is 0 Å². The van der Waals surface area contributed by atoms with Gasteiger partial charge in [0.15, 0.2) is 0 Å². The van der Waals surface area contributed by atoms with Crippen molar-refractivity contribution in [3.05, 3.63) is 193 Å². The highest BCUT2D eigenvalue weighted by molar-refractivity contribution is 6.10. The zero-order valence-electron chi connectivity index (χ0n) is 39.1. The number of nitrogens with zero attached hydrogens (tertiary/aromatic N) is 4. The van der Waals surface area contributed by atoms with Crippen LogP contribution >= 0.6 is 0 Å². The predicted molar refractivity (Wildman–Crippen MR) is 274 cm³/mol. The molecule has 3 heterocycles. The van der Waals surface area contributed by atoms with E-state index in [2.05, 4.69) is 247 Å². The minimum Gasteiger partial charge on any atom is -0.457 e. The van der Waals surface area contributed by atoms with Crippen LogP contribution in [0.2, 0.25) is 0 Å². The van der Waals surface area contributed by atoms with E-state index in [-0.39, 0.29) is 16.2 Å². The number of ether oxygens (including phenoxy) is 1. The minimum atomic E-state index is -0.0297. The van der Waals surface area contributed by atoms with E-state index in [9.17, 15) is 0 Å². The molecule has 1 aliphatic rings. The molecule has 0 fully saturated rings. The molecule has 5 heteroatoms. The van der Waals surface area contributed by atoms with Crippen molar-refractivity contribution >= 4 is 44.6 Å². The Morgan fingerprint density at radius 3 is 1.80 bits per heavy atom. The van der Waals surface area contributed by atoms with Gasteiger partial charge in [-0.2, -0.15) is 0 Å². The van der Waals surface area contributed by atoms with Gasteiger partial charge in [-0.25, -0.2) is 4.98 Å². The molecular weight excluding hydrogens is 793 g/mol. The van der Waals surface area contributed by atoms with Crippen molar-refractivity contribution in [1.29, 1.82) is 0 Å². The standard InChI is InChI=1S/C60H58N4O/c1-58(2,3)43-30-31-61-56(36-43)64-53-29-26-42(40-18-12-10-13-19-40)32-52(53)51-28-27-49(38-55(51)64)65-48-23-16-22-46(37-48)62-39-63(47-34-44(59(4,5)6)33-45(35-47)60(7,8)9)57-50(24-17-25-54(57)62)41-20-14-11-15-21-41/h10-38H,39H2,1-9H3. The van der Waals surface area contributed by atoms with Crippen molar-refractivity contribution in [1.82, 2.24) is 9.55 Å². The lowest BCUT2D eigenvalue weighted by atomic mass is 9.80. The summed E-state index contributed by atoms with van der Waals surface area (Å²) in [5.74, 6) is 2.42. The number of rotatable bonds is 7. The number of anilines is 4. The molecule has 5 nitrogen and oxygen atoms in total. The van der Waals surface area contributed by atoms with Crippen LogP contribution in [0, 0.1) is 0 Å². The molecule has 7 aromatic carbocycles. The zero-order chi connectivity index (χ0) is 45.3. The van der Waals surface area contributed by atoms with E-state index in [1.165, 1.54) is 55.7 Å². The molecule has 0 amide bonds. The number of para-hydroxylation sites is 1. The molecule has 0 radical (unpaired) electrons. The van der Waals surface area contributed by atoms with Crippen LogP contribution < -0.4 is 14.5 Å². The van der Waals surface area contributed by atoms with Gasteiger partial charge < -0.3 is 14.5 Å². The summed E-state index contributed by atoms with van der Waals surface area (Å²) < 4.78 is 9.16. The molecule has 0 saturated heterocycles. The van der Waals surface area contributed by atoms with Crippen molar-refractivity contribution in [3.63, 3.8) is 0 Å². The number of benzene rings is 7. The summed E-state index contributed by atoms with van der Waals surface area (Å²) in [5.41, 5.74) is 15.4. The summed E-state index contributed by atoms with van der Waals surface area (Å²) in [5, 5.41) is 2.32. The van der Waals surface area contributed by atoms with Gasteiger partial charge in [0.05, 0.1) is 22.4 Å². The van der Waals surface area contributed by atoms with E-state index in [0.717, 1.165) is 45.1 Å². The van der Waals surface area contributed by atoms with E-state index in [1.807, 2.05) is 6.20 Å². The maximum atomic E-state index is 6.87. The van der Waals surface area contributed by atoms with E-state index >= 15 is 0 Å². The van der Waals surface area contributed by atoms with Crippen LogP contribution in [0.3, 0.4) is 0 Å². The highest BCUT2D eigenvalue weighted by Crippen LogP contribution is 2.51. The smallest absolute Gasteiger partial charge is 0.137 e. The molecule has 0 spiro atoms. The number of pyridine rings is 1. The topological polar surface area (TPSA) is 33.5 Å². The maximum Gasteiger partial charge on any atom is 0.137 e. The molecule has 0 unspecified atom stereocenters. The first-order valence-corrected chi connectivity index (χ1v) is 22.9. The zero-order valence-corrected chi connectivity index (χ0v) is 39.1. The average Bonchev–Trinajstić information content (AvgIpc) is 3.85. The third kappa shape index (κ3) is 7.94. The largest absolute Gasteiger partial charge is 0.457 e. The maximum absolute atomic E-state index is 6.87. The first-order chi connectivity index (χ1) is 31.1. The Morgan fingerprint density at radius 2 is 1.11 bits per heavy atom. The average molecular weight is 851 g/mol. The second-order valence-corrected chi connectivity index (χ2v) is 20.7. The molecule has 1 aliphatic heterocycles. The van der Waals surface area contributed by atoms with Gasteiger partial charge in [0, 0.05) is 46.0 Å². The molecule has 10 rings (SSSR count). The molecule has 0 bridgehead atoms. The third-order valence-corrected chi connectivity index (χ3v) is 13.0. The van der Waals surface area contributed by atoms with Gasteiger partial charge >= 0.3 is 0 Å². The lowest BCUT2D eigenvalue weighted by Crippen LogP contribution is -2.25. The van der Waals surface area contributed by atoms with E-state index < -0.39 is 0 Å². The van der Waals surface area contributed by atoms with E-state index in [0.29, 0.717) is 6.67 Å². The van der Waals surface area contributed by atoms with Crippen LogP contribution in [-0.2, 0) is 16.2 Å². The highest BCUT2D eigenvalue weighted by Gasteiger charge is 2.33. The predicted octanol–water partition coefficient (Wildman–Crippen LogP) is 16.4. The quantitative estimate of drug-likeness (QED) is 0.160. The number of fused-ring (bicyclic) bond motifs is 4. The Hall–Kier alpha value is -7.11. The fourth-order valence-corrected chi connectivity index (χ4v) is 9.22. The van der Waals surface area contributed by atoms with Crippen molar-refractivity contribution < 1.29 is 4.74 Å². The highest BCUT2D eigenvalue weighted by atomic mass is 16.5. The third-order valence-electron chi connectivity index (χ3n) is 13.0. The van der Waals surface area contributed by atoms with Crippen LogP contribution in [0.15, 0.2) is 176 Å². The van der Waals surface area contributed by atoms with Gasteiger partial charge in [-0.1, -0.05) is 153 Å². The van der Waals surface area contributed by atoms with Crippen LogP contribution in [0.1, 0.15) is 79.0 Å². The van der Waals surface area contributed by atoms with Crippen molar-refractivity contribution in [2.75, 3.05) is 16.5 Å². The van der Waals surface area contributed by atoms with Crippen LogP contribution in [0.25, 0.3) is 49.9 Å². The first kappa shape index (κ1) is 41.9. The molecular formula is C60H58N4O. The summed E-state index contributed by atoms with van der Waals surface area (Å²) in [6.07, 6.45) is 1.93. The first-order valence-electron chi connectivity index (χ1n) is 22.9. The molecule has 2 aromatic heterocycles. The van der Waals surface area contributed by atoms with Crippen LogP contribution in [0.4, 0.5) is 22.7 Å². The van der Waals surface area contributed by atoms with Crippen molar-refractivity contribution in [2.45, 2.75) is 78.6 Å². The number of hydrogen-bond acceptors (Lipinski definition) is 4. The summed E-state index contributed by atoms with van der Waals surface area (Å²) in [7, 11) is 0. The lowest BCUT2D eigenvalue weighted by Gasteiger charge is -2.30. The number of hydrogen-bond donors (Lipinski definition) is 0. The van der Waals surface area contributed by atoms with Gasteiger partial charge in [0.1, 0.15) is 24.0 Å². The van der Waals surface area contributed by atoms with E-state index in [4.69, 9.17) is 9.72 Å².